The Bertz CT molecular complexity index is 765. The van der Waals surface area contributed by atoms with E-state index in [1.165, 1.54) is 24.7 Å². The molecule has 3 rings (SSSR count). The summed E-state index contributed by atoms with van der Waals surface area (Å²) in [6, 6.07) is 6.97. The molecule has 0 saturated heterocycles. The topological polar surface area (TPSA) is 67.9 Å². The summed E-state index contributed by atoms with van der Waals surface area (Å²) in [4.78, 5) is 27.8. The highest BCUT2D eigenvalue weighted by Crippen LogP contribution is 2.24. The maximum absolute atomic E-state index is 12.4. The summed E-state index contributed by atoms with van der Waals surface area (Å²) in [7, 11) is 3.05. The van der Waals surface area contributed by atoms with Crippen LogP contribution < -0.4 is 14.8 Å². The number of amides is 2. The molecule has 0 unspecified atom stereocenters. The number of carbonyl (C=O) groups excluding carboxylic acids is 2. The van der Waals surface area contributed by atoms with E-state index in [0.29, 0.717) is 30.2 Å². The third kappa shape index (κ3) is 3.93. The van der Waals surface area contributed by atoms with Gasteiger partial charge in [-0.15, -0.1) is 11.3 Å². The molecule has 6 nitrogen and oxygen atoms in total. The van der Waals surface area contributed by atoms with E-state index in [4.69, 9.17) is 9.47 Å². The fraction of sp³-hybridized carbons (Fsp3) is 0.333. The van der Waals surface area contributed by atoms with E-state index in [-0.39, 0.29) is 18.4 Å². The molecular weight excluding hydrogens is 340 g/mol. The Hall–Kier alpha value is -2.54. The first-order valence-corrected chi connectivity index (χ1v) is 8.83. The Balaban J connectivity index is 1.60. The third-order valence-corrected chi connectivity index (χ3v) is 5.20. The summed E-state index contributed by atoms with van der Waals surface area (Å²) >= 11 is 1.73. The SMILES string of the molecule is COc1cc(OC)cc(C(=O)NCC(=O)N2CCc3sccc3C2)c1. The van der Waals surface area contributed by atoms with E-state index in [0.717, 1.165) is 6.42 Å². The minimum atomic E-state index is -0.334. The molecule has 25 heavy (non-hydrogen) atoms. The molecule has 0 bridgehead atoms. The minimum Gasteiger partial charge on any atom is -0.497 e. The van der Waals surface area contributed by atoms with Crippen LogP contribution in [0, 0.1) is 0 Å². The van der Waals surface area contributed by atoms with E-state index < -0.39 is 0 Å². The van der Waals surface area contributed by atoms with Gasteiger partial charge >= 0.3 is 0 Å². The number of ether oxygens (including phenoxy) is 2. The predicted molar refractivity (Wildman–Crippen MR) is 95.3 cm³/mol. The summed E-state index contributed by atoms with van der Waals surface area (Å²) in [6.45, 7) is 1.27. The van der Waals surface area contributed by atoms with Crippen LogP contribution in [0.4, 0.5) is 0 Å². The van der Waals surface area contributed by atoms with Crippen molar-refractivity contribution in [3.63, 3.8) is 0 Å². The quantitative estimate of drug-likeness (QED) is 0.886. The number of hydrogen-bond donors (Lipinski definition) is 1. The van der Waals surface area contributed by atoms with Gasteiger partial charge in [0.2, 0.25) is 5.91 Å². The van der Waals surface area contributed by atoms with Gasteiger partial charge in [0.05, 0.1) is 20.8 Å². The smallest absolute Gasteiger partial charge is 0.251 e. The zero-order chi connectivity index (χ0) is 17.8. The highest BCUT2D eigenvalue weighted by atomic mass is 32.1. The second kappa shape index (κ2) is 7.57. The molecular formula is C18H20N2O4S. The van der Waals surface area contributed by atoms with Gasteiger partial charge in [0, 0.05) is 29.6 Å². The number of rotatable bonds is 5. The Kier molecular flexibility index (Phi) is 5.23. The molecule has 0 atom stereocenters. The normalized spacial score (nSPS) is 13.1. The molecule has 0 saturated carbocycles. The molecule has 0 aliphatic carbocycles. The molecule has 2 amide bonds. The summed E-state index contributed by atoms with van der Waals surface area (Å²) in [5.74, 6) is 0.632. The van der Waals surface area contributed by atoms with Crippen LogP contribution in [0.2, 0.25) is 0 Å². The lowest BCUT2D eigenvalue weighted by atomic mass is 10.1. The van der Waals surface area contributed by atoms with Crippen molar-refractivity contribution < 1.29 is 19.1 Å². The molecule has 7 heteroatoms. The lowest BCUT2D eigenvalue weighted by molar-refractivity contribution is -0.131. The van der Waals surface area contributed by atoms with E-state index in [2.05, 4.69) is 16.8 Å². The fourth-order valence-corrected chi connectivity index (χ4v) is 3.66. The lowest BCUT2D eigenvalue weighted by Crippen LogP contribution is -2.42. The summed E-state index contributed by atoms with van der Waals surface area (Å²) in [6.07, 6.45) is 0.875. The zero-order valence-electron chi connectivity index (χ0n) is 14.2. The molecule has 1 N–H and O–H groups in total. The highest BCUT2D eigenvalue weighted by molar-refractivity contribution is 7.10. The number of nitrogens with one attached hydrogen (secondary N) is 1. The number of methoxy groups -OCH3 is 2. The maximum Gasteiger partial charge on any atom is 0.251 e. The number of carbonyl (C=O) groups is 2. The van der Waals surface area contributed by atoms with Crippen molar-refractivity contribution in [2.45, 2.75) is 13.0 Å². The molecule has 1 aliphatic heterocycles. The van der Waals surface area contributed by atoms with E-state index in [1.54, 1.807) is 34.4 Å². The number of nitrogens with zero attached hydrogens (tertiary/aromatic N) is 1. The molecule has 2 aromatic rings. The largest absolute Gasteiger partial charge is 0.497 e. The number of hydrogen-bond acceptors (Lipinski definition) is 5. The Morgan fingerprint density at radius 3 is 2.60 bits per heavy atom. The van der Waals surface area contributed by atoms with Crippen molar-refractivity contribution in [3.05, 3.63) is 45.6 Å². The van der Waals surface area contributed by atoms with Gasteiger partial charge in [-0.1, -0.05) is 0 Å². The highest BCUT2D eigenvalue weighted by Gasteiger charge is 2.22. The monoisotopic (exact) mass is 360 g/mol. The molecule has 0 spiro atoms. The molecule has 1 aliphatic rings. The third-order valence-electron chi connectivity index (χ3n) is 4.17. The standard InChI is InChI=1S/C18H20N2O4S/c1-23-14-7-13(8-15(9-14)24-2)18(22)19-10-17(21)20-5-3-16-12(11-20)4-6-25-16/h4,6-9H,3,5,10-11H2,1-2H3,(H,19,22). The van der Waals surface area contributed by atoms with Crippen molar-refractivity contribution in [2.75, 3.05) is 27.3 Å². The van der Waals surface area contributed by atoms with Crippen LogP contribution >= 0.6 is 11.3 Å². The van der Waals surface area contributed by atoms with Gasteiger partial charge in [0.15, 0.2) is 0 Å². The average molecular weight is 360 g/mol. The Morgan fingerprint density at radius 1 is 1.20 bits per heavy atom. The number of thiophene rings is 1. The van der Waals surface area contributed by atoms with Gasteiger partial charge in [-0.3, -0.25) is 9.59 Å². The Labute approximate surface area is 150 Å². The molecule has 0 fully saturated rings. The molecule has 0 radical (unpaired) electrons. The summed E-state index contributed by atoms with van der Waals surface area (Å²) in [5.41, 5.74) is 1.59. The van der Waals surface area contributed by atoms with E-state index >= 15 is 0 Å². The fourth-order valence-electron chi connectivity index (χ4n) is 2.77. The van der Waals surface area contributed by atoms with Crippen molar-refractivity contribution in [3.8, 4) is 11.5 Å². The number of fused-ring (bicyclic) bond motifs is 1. The van der Waals surface area contributed by atoms with Crippen molar-refractivity contribution in [1.82, 2.24) is 10.2 Å². The van der Waals surface area contributed by atoms with Crippen LogP contribution in [0.3, 0.4) is 0 Å². The van der Waals surface area contributed by atoms with Crippen molar-refractivity contribution >= 4 is 23.2 Å². The van der Waals surface area contributed by atoms with E-state index in [1.807, 2.05) is 0 Å². The van der Waals surface area contributed by atoms with Crippen LogP contribution in [-0.4, -0.2) is 44.0 Å². The zero-order valence-corrected chi connectivity index (χ0v) is 15.0. The van der Waals surface area contributed by atoms with Crippen LogP contribution in [0.5, 0.6) is 11.5 Å². The maximum atomic E-state index is 12.4. The number of benzene rings is 1. The van der Waals surface area contributed by atoms with Gasteiger partial charge in [-0.2, -0.15) is 0 Å². The van der Waals surface area contributed by atoms with Gasteiger partial charge < -0.3 is 19.7 Å². The minimum absolute atomic E-state index is 0.0299. The second-order valence-electron chi connectivity index (χ2n) is 5.72. The van der Waals surface area contributed by atoms with Crippen molar-refractivity contribution in [2.24, 2.45) is 0 Å². The van der Waals surface area contributed by atoms with Gasteiger partial charge in [0.25, 0.3) is 5.91 Å². The second-order valence-corrected chi connectivity index (χ2v) is 6.72. The predicted octanol–water partition coefficient (Wildman–Crippen LogP) is 2.08. The van der Waals surface area contributed by atoms with Gasteiger partial charge in [-0.25, -0.2) is 0 Å². The lowest BCUT2D eigenvalue weighted by Gasteiger charge is -2.27. The van der Waals surface area contributed by atoms with Crippen LogP contribution in [0.15, 0.2) is 29.6 Å². The summed E-state index contributed by atoms with van der Waals surface area (Å²) < 4.78 is 10.3. The van der Waals surface area contributed by atoms with Gasteiger partial charge in [-0.05, 0) is 35.6 Å². The van der Waals surface area contributed by atoms with Gasteiger partial charge in [0.1, 0.15) is 11.5 Å². The van der Waals surface area contributed by atoms with E-state index in [9.17, 15) is 9.59 Å². The van der Waals surface area contributed by atoms with Crippen LogP contribution in [0.1, 0.15) is 20.8 Å². The Morgan fingerprint density at radius 2 is 1.92 bits per heavy atom. The first kappa shape index (κ1) is 17.3. The average Bonchev–Trinajstić information content (AvgIpc) is 3.12. The molecule has 1 aromatic carbocycles. The summed E-state index contributed by atoms with van der Waals surface area (Å²) in [5, 5.41) is 4.73. The van der Waals surface area contributed by atoms with Crippen LogP contribution in [0.25, 0.3) is 0 Å². The first-order valence-electron chi connectivity index (χ1n) is 7.95. The van der Waals surface area contributed by atoms with Crippen LogP contribution in [-0.2, 0) is 17.8 Å². The van der Waals surface area contributed by atoms with Crippen molar-refractivity contribution in [1.29, 1.82) is 0 Å². The molecule has 1 aromatic heterocycles. The molecule has 2 heterocycles. The molecule has 132 valence electrons. The first-order chi connectivity index (χ1) is 12.1.